The third-order valence-electron chi connectivity index (χ3n) is 4.43. The molecule has 1 saturated heterocycles. The van der Waals surface area contributed by atoms with Crippen molar-refractivity contribution < 1.29 is 24.5 Å². The van der Waals surface area contributed by atoms with E-state index in [1.54, 1.807) is 13.8 Å². The summed E-state index contributed by atoms with van der Waals surface area (Å²) < 4.78 is 5.48. The van der Waals surface area contributed by atoms with Crippen molar-refractivity contribution >= 4 is 12.1 Å². The quantitative estimate of drug-likeness (QED) is 0.832. The van der Waals surface area contributed by atoms with Crippen molar-refractivity contribution in [1.82, 2.24) is 4.90 Å². The van der Waals surface area contributed by atoms with Crippen LogP contribution in [0.5, 0.6) is 0 Å². The molecular weight excluding hydrogens is 262 g/mol. The fourth-order valence-corrected chi connectivity index (χ4v) is 3.56. The van der Waals surface area contributed by atoms with Gasteiger partial charge in [0.1, 0.15) is 5.72 Å². The molecule has 1 unspecified atom stereocenters. The first-order valence-electron chi connectivity index (χ1n) is 7.26. The van der Waals surface area contributed by atoms with Gasteiger partial charge in [-0.1, -0.05) is 32.1 Å². The van der Waals surface area contributed by atoms with Gasteiger partial charge in [-0.2, -0.15) is 0 Å². The van der Waals surface area contributed by atoms with Crippen LogP contribution in [0, 0.1) is 5.92 Å². The summed E-state index contributed by atoms with van der Waals surface area (Å²) in [6.07, 6.45) is 4.01. The Balaban J connectivity index is 2.18. The summed E-state index contributed by atoms with van der Waals surface area (Å²) >= 11 is 0. The Kier molecular flexibility index (Phi) is 4.22. The maximum Gasteiger partial charge on any atom is 0.409 e. The molecule has 6 heteroatoms. The minimum atomic E-state index is -1.11. The van der Waals surface area contributed by atoms with E-state index < -0.39 is 29.9 Å². The van der Waals surface area contributed by atoms with Crippen LogP contribution in [0.3, 0.4) is 0 Å². The first kappa shape index (κ1) is 15.1. The molecule has 2 rings (SSSR count). The maximum atomic E-state index is 11.5. The van der Waals surface area contributed by atoms with E-state index in [1.165, 1.54) is 11.3 Å². The summed E-state index contributed by atoms with van der Waals surface area (Å²) in [5.41, 5.74) is -1.09. The maximum absolute atomic E-state index is 11.5. The molecule has 0 spiro atoms. The minimum absolute atomic E-state index is 0.398. The molecule has 0 bridgehead atoms. The molecule has 0 radical (unpaired) electrons. The lowest BCUT2D eigenvalue weighted by molar-refractivity contribution is -0.155. The van der Waals surface area contributed by atoms with E-state index in [1.807, 2.05) is 0 Å². The average molecular weight is 285 g/mol. The normalized spacial score (nSPS) is 30.4. The van der Waals surface area contributed by atoms with Crippen LogP contribution in [0.4, 0.5) is 4.79 Å². The zero-order valence-corrected chi connectivity index (χ0v) is 12.0. The van der Waals surface area contributed by atoms with Gasteiger partial charge in [0.05, 0.1) is 6.04 Å². The molecule has 2 aliphatic rings. The van der Waals surface area contributed by atoms with Crippen LogP contribution in [0.15, 0.2) is 0 Å². The lowest BCUT2D eigenvalue weighted by Crippen LogP contribution is -2.49. The number of amides is 1. The van der Waals surface area contributed by atoms with Gasteiger partial charge in [-0.25, -0.2) is 9.59 Å². The van der Waals surface area contributed by atoms with Crippen molar-refractivity contribution in [3.8, 4) is 0 Å². The van der Waals surface area contributed by atoms with Crippen LogP contribution < -0.4 is 0 Å². The molecule has 0 aromatic heterocycles. The van der Waals surface area contributed by atoms with Crippen LogP contribution >= 0.6 is 0 Å². The number of carboxylic acids is 1. The second kappa shape index (κ2) is 5.60. The van der Waals surface area contributed by atoms with Crippen LogP contribution in [0.2, 0.25) is 0 Å². The highest BCUT2D eigenvalue weighted by Crippen LogP contribution is 2.38. The first-order chi connectivity index (χ1) is 9.33. The SMILES string of the molecule is CC1(C)OC(C(=O)O)[C@H](CC2CCCCC2)N1C(=O)O. The Morgan fingerprint density at radius 3 is 2.30 bits per heavy atom. The van der Waals surface area contributed by atoms with Crippen LogP contribution in [0.1, 0.15) is 52.4 Å². The van der Waals surface area contributed by atoms with E-state index in [0.29, 0.717) is 12.3 Å². The zero-order chi connectivity index (χ0) is 14.9. The Morgan fingerprint density at radius 2 is 1.80 bits per heavy atom. The van der Waals surface area contributed by atoms with Crippen LogP contribution in [-0.4, -0.2) is 45.0 Å². The van der Waals surface area contributed by atoms with Gasteiger partial charge in [-0.3, -0.25) is 4.90 Å². The zero-order valence-electron chi connectivity index (χ0n) is 12.0. The number of hydrogen-bond acceptors (Lipinski definition) is 3. The highest BCUT2D eigenvalue weighted by Gasteiger charge is 2.53. The highest BCUT2D eigenvalue weighted by atomic mass is 16.6. The summed E-state index contributed by atoms with van der Waals surface area (Å²) in [7, 11) is 0. The number of hydrogen-bond donors (Lipinski definition) is 2. The van der Waals surface area contributed by atoms with Crippen LogP contribution in [0.25, 0.3) is 0 Å². The van der Waals surface area contributed by atoms with E-state index in [-0.39, 0.29) is 0 Å². The average Bonchev–Trinajstić information content (AvgIpc) is 2.62. The van der Waals surface area contributed by atoms with Gasteiger partial charge in [0, 0.05) is 0 Å². The van der Waals surface area contributed by atoms with Crippen molar-refractivity contribution in [3.05, 3.63) is 0 Å². The monoisotopic (exact) mass is 285 g/mol. The standard InChI is InChI=1S/C14H23NO5/c1-14(2)15(13(18)19)10(11(20-14)12(16)17)8-9-6-4-3-5-7-9/h9-11H,3-8H2,1-2H3,(H,16,17)(H,18,19)/t10-,11?/m0/s1. The molecule has 1 saturated carbocycles. The van der Waals surface area contributed by atoms with Gasteiger partial charge in [0.25, 0.3) is 0 Å². The summed E-state index contributed by atoms with van der Waals surface area (Å²) in [4.78, 5) is 24.0. The fourth-order valence-electron chi connectivity index (χ4n) is 3.56. The molecule has 20 heavy (non-hydrogen) atoms. The van der Waals surface area contributed by atoms with Gasteiger partial charge < -0.3 is 14.9 Å². The minimum Gasteiger partial charge on any atom is -0.479 e. The van der Waals surface area contributed by atoms with E-state index in [0.717, 1.165) is 25.7 Å². The molecule has 1 amide bonds. The second-order valence-corrected chi connectivity index (χ2v) is 6.28. The second-order valence-electron chi connectivity index (χ2n) is 6.28. The van der Waals surface area contributed by atoms with Gasteiger partial charge in [0.2, 0.25) is 0 Å². The third-order valence-corrected chi connectivity index (χ3v) is 4.43. The van der Waals surface area contributed by atoms with Gasteiger partial charge in [-0.15, -0.1) is 0 Å². The number of rotatable bonds is 3. The first-order valence-corrected chi connectivity index (χ1v) is 7.26. The molecule has 2 atom stereocenters. The molecule has 6 nitrogen and oxygen atoms in total. The van der Waals surface area contributed by atoms with E-state index >= 15 is 0 Å². The van der Waals surface area contributed by atoms with Crippen LogP contribution in [-0.2, 0) is 9.53 Å². The number of ether oxygens (including phenoxy) is 1. The van der Waals surface area contributed by atoms with Crippen molar-refractivity contribution in [2.24, 2.45) is 5.92 Å². The molecule has 0 aromatic carbocycles. The summed E-state index contributed by atoms with van der Waals surface area (Å²) in [6.45, 7) is 3.22. The Labute approximate surface area is 118 Å². The lowest BCUT2D eigenvalue weighted by atomic mass is 9.83. The van der Waals surface area contributed by atoms with Crippen molar-refractivity contribution in [2.45, 2.75) is 70.2 Å². The lowest BCUT2D eigenvalue weighted by Gasteiger charge is -2.33. The predicted molar refractivity (Wildman–Crippen MR) is 71.4 cm³/mol. The van der Waals surface area contributed by atoms with Gasteiger partial charge in [-0.05, 0) is 26.2 Å². The molecule has 1 aliphatic carbocycles. The van der Waals surface area contributed by atoms with E-state index in [4.69, 9.17) is 4.74 Å². The van der Waals surface area contributed by atoms with Crippen molar-refractivity contribution in [1.29, 1.82) is 0 Å². The van der Waals surface area contributed by atoms with Crippen molar-refractivity contribution in [2.75, 3.05) is 0 Å². The molecule has 114 valence electrons. The van der Waals surface area contributed by atoms with Gasteiger partial charge in [0.15, 0.2) is 6.10 Å². The molecule has 1 heterocycles. The molecular formula is C14H23NO5. The summed E-state index contributed by atoms with van der Waals surface area (Å²) in [6, 6.07) is -0.594. The van der Waals surface area contributed by atoms with Gasteiger partial charge >= 0.3 is 12.1 Å². The van der Waals surface area contributed by atoms with E-state index in [9.17, 15) is 19.8 Å². The summed E-state index contributed by atoms with van der Waals surface area (Å²) in [5, 5.41) is 18.7. The smallest absolute Gasteiger partial charge is 0.409 e. The Bertz CT molecular complexity index is 389. The number of carboxylic acid groups (broad SMARTS) is 2. The summed E-state index contributed by atoms with van der Waals surface area (Å²) in [5.74, 6) is -0.683. The van der Waals surface area contributed by atoms with E-state index in [2.05, 4.69) is 0 Å². The number of carbonyl (C=O) groups is 2. The molecule has 1 aliphatic heterocycles. The fraction of sp³-hybridized carbons (Fsp3) is 0.857. The topological polar surface area (TPSA) is 87.1 Å². The largest absolute Gasteiger partial charge is 0.479 e. The number of nitrogens with zero attached hydrogens (tertiary/aromatic N) is 1. The Hall–Kier alpha value is -1.30. The molecule has 2 fully saturated rings. The molecule has 0 aromatic rings. The third kappa shape index (κ3) is 2.90. The van der Waals surface area contributed by atoms with Crippen molar-refractivity contribution in [3.63, 3.8) is 0 Å². The molecule has 2 N–H and O–H groups in total. The highest BCUT2D eigenvalue weighted by molar-refractivity contribution is 5.76. The Morgan fingerprint density at radius 1 is 1.20 bits per heavy atom. The predicted octanol–water partition coefficient (Wildman–Crippen LogP) is 2.52. The number of aliphatic carboxylic acids is 1.